The van der Waals surface area contributed by atoms with E-state index in [1.807, 2.05) is 60.7 Å². The minimum Gasteiger partial charge on any atom is -0.491 e. The Bertz CT molecular complexity index is 1240. The van der Waals surface area contributed by atoms with Gasteiger partial charge in [-0.05, 0) is 47.9 Å². The lowest BCUT2D eigenvalue weighted by Gasteiger charge is -2.15. The van der Waals surface area contributed by atoms with Gasteiger partial charge in [0.1, 0.15) is 18.5 Å². The molecule has 4 rings (SSSR count). The van der Waals surface area contributed by atoms with Crippen LogP contribution in [0.4, 0.5) is 0 Å². The van der Waals surface area contributed by atoms with Crippen LogP contribution in [0.2, 0.25) is 0 Å². The van der Waals surface area contributed by atoms with E-state index < -0.39 is 6.10 Å². The fourth-order valence-electron chi connectivity index (χ4n) is 3.84. The van der Waals surface area contributed by atoms with Crippen molar-refractivity contribution in [1.82, 2.24) is 14.5 Å². The van der Waals surface area contributed by atoms with Crippen molar-refractivity contribution in [3.8, 4) is 5.75 Å². The second-order valence-corrected chi connectivity index (χ2v) is 8.13. The summed E-state index contributed by atoms with van der Waals surface area (Å²) in [6.45, 7) is 3.04. The average molecular weight is 432 g/mol. The summed E-state index contributed by atoms with van der Waals surface area (Å²) in [6, 6.07) is 24.0. The third-order valence-corrected chi connectivity index (χ3v) is 5.92. The minimum absolute atomic E-state index is 0.0874. The molecule has 2 N–H and O–H groups in total. The molecule has 3 aromatic carbocycles. The fraction of sp³-hybridized carbons (Fsp3) is 0.269. The van der Waals surface area contributed by atoms with Gasteiger partial charge in [-0.1, -0.05) is 48.5 Å². The Morgan fingerprint density at radius 2 is 1.59 bits per heavy atom. The minimum atomic E-state index is -0.789. The van der Waals surface area contributed by atoms with E-state index >= 15 is 0 Å². The molecule has 1 aromatic heterocycles. The van der Waals surface area contributed by atoms with Crippen molar-refractivity contribution in [2.75, 3.05) is 6.61 Å². The van der Waals surface area contributed by atoms with Crippen molar-refractivity contribution in [2.45, 2.75) is 25.6 Å². The number of nitrogens with one attached hydrogen (secondary N) is 1. The summed E-state index contributed by atoms with van der Waals surface area (Å²) in [4.78, 5) is 12.1. The second-order valence-electron chi connectivity index (χ2n) is 8.13. The van der Waals surface area contributed by atoms with E-state index in [1.165, 1.54) is 5.56 Å². The largest absolute Gasteiger partial charge is 0.491 e. The smallest absolute Gasteiger partial charge is 0.328 e. The monoisotopic (exact) mass is 431 g/mol. The van der Waals surface area contributed by atoms with Gasteiger partial charge in [-0.3, -0.25) is 9.13 Å². The van der Waals surface area contributed by atoms with Gasteiger partial charge in [0, 0.05) is 26.7 Å². The second kappa shape index (κ2) is 9.42. The van der Waals surface area contributed by atoms with Crippen LogP contribution < -0.4 is 15.7 Å². The Morgan fingerprint density at radius 1 is 0.906 bits per heavy atom. The van der Waals surface area contributed by atoms with Gasteiger partial charge in [-0.2, -0.15) is 0 Å². The molecule has 0 spiro atoms. The molecule has 0 aliphatic rings. The quantitative estimate of drug-likeness (QED) is 0.445. The lowest BCUT2D eigenvalue weighted by Crippen LogP contribution is -2.19. The number of fused-ring (bicyclic) bond motifs is 1. The number of hydrogen-bond donors (Lipinski definition) is 2. The highest BCUT2D eigenvalue weighted by Crippen LogP contribution is 2.21. The Kier molecular flexibility index (Phi) is 6.44. The fourth-order valence-corrected chi connectivity index (χ4v) is 3.84. The van der Waals surface area contributed by atoms with Crippen molar-refractivity contribution >= 4 is 11.0 Å². The van der Waals surface area contributed by atoms with Crippen LogP contribution in [0.25, 0.3) is 11.0 Å². The van der Waals surface area contributed by atoms with E-state index in [4.69, 9.17) is 4.74 Å². The summed E-state index contributed by atoms with van der Waals surface area (Å²) < 4.78 is 8.98. The number of hydrogen-bond acceptors (Lipinski definition) is 4. The van der Waals surface area contributed by atoms with Crippen LogP contribution in [0, 0.1) is 0 Å². The lowest BCUT2D eigenvalue weighted by molar-refractivity contribution is 0.108. The molecule has 2 atom stereocenters. The molecule has 0 saturated carbocycles. The summed E-state index contributed by atoms with van der Waals surface area (Å²) in [5.74, 6) is 0.706. The van der Waals surface area contributed by atoms with Crippen LogP contribution in [0.5, 0.6) is 5.75 Å². The molecule has 0 saturated heterocycles. The molecule has 0 unspecified atom stereocenters. The van der Waals surface area contributed by atoms with Gasteiger partial charge in [0.15, 0.2) is 0 Å². The highest BCUT2D eigenvalue weighted by atomic mass is 16.5. The first kappa shape index (κ1) is 21.9. The number of aromatic nitrogens is 2. The lowest BCUT2D eigenvalue weighted by atomic mass is 10.1. The van der Waals surface area contributed by atoms with Crippen LogP contribution in [-0.4, -0.2) is 20.8 Å². The van der Waals surface area contributed by atoms with Gasteiger partial charge in [0.2, 0.25) is 0 Å². The van der Waals surface area contributed by atoms with Gasteiger partial charge in [0.05, 0.1) is 11.0 Å². The maximum absolute atomic E-state index is 12.1. The molecular weight excluding hydrogens is 402 g/mol. The summed E-state index contributed by atoms with van der Waals surface area (Å²) in [5, 5.41) is 14.1. The zero-order chi connectivity index (χ0) is 22.7. The summed E-state index contributed by atoms with van der Waals surface area (Å²) >= 11 is 0. The maximum atomic E-state index is 12.1. The molecule has 32 heavy (non-hydrogen) atoms. The van der Waals surface area contributed by atoms with Gasteiger partial charge in [-0.25, -0.2) is 4.79 Å². The Morgan fingerprint density at radius 3 is 2.31 bits per heavy atom. The van der Waals surface area contributed by atoms with Gasteiger partial charge in [-0.15, -0.1) is 0 Å². The highest BCUT2D eigenvalue weighted by Gasteiger charge is 2.13. The molecule has 0 bridgehead atoms. The van der Waals surface area contributed by atoms with Crippen molar-refractivity contribution in [2.24, 2.45) is 14.1 Å². The molecule has 0 radical (unpaired) electrons. The molecule has 0 fully saturated rings. The Hall–Kier alpha value is -3.35. The first-order valence-electron chi connectivity index (χ1n) is 10.8. The van der Waals surface area contributed by atoms with Crippen LogP contribution in [0.15, 0.2) is 77.6 Å². The van der Waals surface area contributed by atoms with E-state index in [2.05, 4.69) is 24.4 Å². The van der Waals surface area contributed by atoms with Crippen LogP contribution in [0.1, 0.15) is 35.8 Å². The van der Waals surface area contributed by atoms with Crippen molar-refractivity contribution in [1.29, 1.82) is 0 Å². The summed E-state index contributed by atoms with van der Waals surface area (Å²) in [7, 11) is 3.47. The predicted octanol–water partition coefficient (Wildman–Crippen LogP) is 3.84. The molecule has 4 aromatic rings. The molecule has 6 heteroatoms. The number of imidazole rings is 1. The van der Waals surface area contributed by atoms with Gasteiger partial charge in [0.25, 0.3) is 0 Å². The predicted molar refractivity (Wildman–Crippen MR) is 127 cm³/mol. The number of rotatable bonds is 8. The molecule has 1 heterocycles. The van der Waals surface area contributed by atoms with Crippen LogP contribution in [-0.2, 0) is 20.6 Å². The summed E-state index contributed by atoms with van der Waals surface area (Å²) in [6.07, 6.45) is -0.789. The SMILES string of the molecule is C[C@H](NCc1ccc(OC[C@@H](O)c2ccc3c(c2)n(C)c(=O)n3C)cc1)c1ccccc1. The van der Waals surface area contributed by atoms with Crippen molar-refractivity contribution in [3.05, 3.63) is 100.0 Å². The van der Waals surface area contributed by atoms with Crippen molar-refractivity contribution < 1.29 is 9.84 Å². The van der Waals surface area contributed by atoms with Crippen LogP contribution >= 0.6 is 0 Å². The molecule has 166 valence electrons. The molecular formula is C26H29N3O3. The normalized spacial score (nSPS) is 13.2. The van der Waals surface area contributed by atoms with E-state index in [1.54, 1.807) is 23.2 Å². The average Bonchev–Trinajstić information content (AvgIpc) is 3.05. The number of benzene rings is 3. The Labute approximate surface area is 187 Å². The number of ether oxygens (including phenoxy) is 1. The zero-order valence-electron chi connectivity index (χ0n) is 18.7. The number of aliphatic hydroxyl groups is 1. The topological polar surface area (TPSA) is 68.4 Å². The standard InChI is InChI=1S/C26H29N3O3/c1-18(20-7-5-4-6-8-20)27-16-19-9-12-22(13-10-19)32-17-25(30)21-11-14-23-24(15-21)29(3)26(31)28(23)2/h4-15,18,25,27,30H,16-17H2,1-3H3/t18-,25+/m0/s1. The maximum Gasteiger partial charge on any atom is 0.328 e. The first-order chi connectivity index (χ1) is 15.4. The summed E-state index contributed by atoms with van der Waals surface area (Å²) in [5.41, 5.74) is 4.67. The van der Waals surface area contributed by atoms with Gasteiger partial charge >= 0.3 is 5.69 Å². The first-order valence-corrected chi connectivity index (χ1v) is 10.8. The molecule has 0 aliphatic heterocycles. The zero-order valence-corrected chi connectivity index (χ0v) is 18.7. The number of aliphatic hydroxyl groups excluding tert-OH is 1. The molecule has 0 amide bonds. The van der Waals surface area contributed by atoms with Crippen molar-refractivity contribution in [3.63, 3.8) is 0 Å². The van der Waals surface area contributed by atoms with Gasteiger partial charge < -0.3 is 15.2 Å². The molecule has 6 nitrogen and oxygen atoms in total. The molecule has 0 aliphatic carbocycles. The van der Waals surface area contributed by atoms with E-state index in [9.17, 15) is 9.90 Å². The third kappa shape index (κ3) is 4.61. The van der Waals surface area contributed by atoms with E-state index in [0.29, 0.717) is 5.75 Å². The number of aryl methyl sites for hydroxylation is 2. The van der Waals surface area contributed by atoms with E-state index in [0.717, 1.165) is 28.7 Å². The Balaban J connectivity index is 1.33. The highest BCUT2D eigenvalue weighted by molar-refractivity contribution is 5.77. The van der Waals surface area contributed by atoms with E-state index in [-0.39, 0.29) is 18.3 Å². The third-order valence-electron chi connectivity index (χ3n) is 5.92. The van der Waals surface area contributed by atoms with Crippen LogP contribution in [0.3, 0.4) is 0 Å². The number of nitrogens with zero attached hydrogens (tertiary/aromatic N) is 2.